The Balaban J connectivity index is 1.83. The summed E-state index contributed by atoms with van der Waals surface area (Å²) in [6.45, 7) is 0.310. The van der Waals surface area contributed by atoms with Gasteiger partial charge in [0, 0.05) is 31.5 Å². The van der Waals surface area contributed by atoms with Gasteiger partial charge in [0.25, 0.3) is 0 Å². The SMILES string of the molecule is COC(=O)[C@]12CN(C3CC3)C[C@](C(=O)OC)(C1=O)[C@@H](c1ccccn1)N(C)[C@H]2c1ccccn1. The van der Waals surface area contributed by atoms with E-state index in [2.05, 4.69) is 14.9 Å². The van der Waals surface area contributed by atoms with Crippen LogP contribution in [0.3, 0.4) is 0 Å². The summed E-state index contributed by atoms with van der Waals surface area (Å²) in [7, 11) is 4.37. The summed E-state index contributed by atoms with van der Waals surface area (Å²) in [5.74, 6) is -1.82. The minimum Gasteiger partial charge on any atom is -0.468 e. The lowest BCUT2D eigenvalue weighted by molar-refractivity contribution is -0.204. The molecule has 2 bridgehead atoms. The van der Waals surface area contributed by atoms with Gasteiger partial charge in [-0.05, 0) is 44.2 Å². The summed E-state index contributed by atoms with van der Waals surface area (Å²) in [5.41, 5.74) is -2.20. The number of pyridine rings is 2. The Kier molecular flexibility index (Phi) is 5.49. The van der Waals surface area contributed by atoms with E-state index in [0.717, 1.165) is 12.8 Å². The van der Waals surface area contributed by atoms with Crippen LogP contribution in [-0.2, 0) is 23.9 Å². The number of piperidine rings is 2. The van der Waals surface area contributed by atoms with Gasteiger partial charge >= 0.3 is 11.9 Å². The van der Waals surface area contributed by atoms with Crippen molar-refractivity contribution in [1.29, 1.82) is 0 Å². The standard InChI is InChI=1S/C25H28N4O5/c1-28-19(17-8-4-6-12-26-17)24(22(31)33-2)14-29(16-10-11-16)15-25(21(24)30,23(32)34-3)20(28)18-9-5-7-13-27-18/h4-9,12-13,16,19-20H,10-11,14-15H2,1-3H3/t19-,20+,24-,25+. The third kappa shape index (κ3) is 3.03. The van der Waals surface area contributed by atoms with Crippen LogP contribution in [0.25, 0.3) is 0 Å². The number of hydrogen-bond acceptors (Lipinski definition) is 9. The van der Waals surface area contributed by atoms with Gasteiger partial charge in [0.2, 0.25) is 0 Å². The quantitative estimate of drug-likeness (QED) is 0.482. The predicted molar refractivity (Wildman–Crippen MR) is 120 cm³/mol. The molecule has 4 atom stereocenters. The largest absolute Gasteiger partial charge is 0.468 e. The number of carbonyl (C=O) groups excluding carboxylic acids is 3. The average molecular weight is 465 g/mol. The van der Waals surface area contributed by atoms with Crippen molar-refractivity contribution in [3.05, 3.63) is 60.2 Å². The molecule has 0 spiro atoms. The van der Waals surface area contributed by atoms with Crippen molar-refractivity contribution in [2.75, 3.05) is 34.4 Å². The van der Waals surface area contributed by atoms with E-state index in [1.807, 2.05) is 24.1 Å². The number of fused-ring (bicyclic) bond motifs is 2. The second-order valence-corrected chi connectivity index (χ2v) is 9.37. The maximum absolute atomic E-state index is 14.6. The summed E-state index contributed by atoms with van der Waals surface area (Å²) in [4.78, 5) is 55.0. The Hall–Kier alpha value is -3.17. The van der Waals surface area contributed by atoms with Crippen LogP contribution in [0.2, 0.25) is 0 Å². The average Bonchev–Trinajstić information content (AvgIpc) is 3.71. The lowest BCUT2D eigenvalue weighted by Crippen LogP contribution is -2.75. The van der Waals surface area contributed by atoms with Gasteiger partial charge in [-0.2, -0.15) is 0 Å². The van der Waals surface area contributed by atoms with Gasteiger partial charge in [-0.25, -0.2) is 0 Å². The predicted octanol–water partition coefficient (Wildman–Crippen LogP) is 1.57. The molecule has 0 N–H and O–H groups in total. The third-order valence-corrected chi connectivity index (χ3v) is 7.56. The van der Waals surface area contributed by atoms with Crippen molar-refractivity contribution in [2.45, 2.75) is 31.0 Å². The number of nitrogens with zero attached hydrogens (tertiary/aromatic N) is 4. The molecule has 2 aromatic rings. The van der Waals surface area contributed by atoms with Crippen LogP contribution in [0.1, 0.15) is 36.3 Å². The molecule has 3 fully saturated rings. The number of esters is 2. The van der Waals surface area contributed by atoms with E-state index < -0.39 is 40.6 Å². The van der Waals surface area contributed by atoms with Gasteiger partial charge in [-0.15, -0.1) is 0 Å². The number of likely N-dealkylation sites (tertiary alicyclic amines) is 2. The zero-order valence-electron chi connectivity index (χ0n) is 19.5. The summed E-state index contributed by atoms with van der Waals surface area (Å²) in [6, 6.07) is 9.48. The number of Topliss-reactive ketones (excluding diaryl/α,β-unsaturated/α-hetero) is 1. The topological polar surface area (TPSA) is 102 Å². The van der Waals surface area contributed by atoms with Crippen LogP contribution in [0, 0.1) is 10.8 Å². The molecule has 2 aliphatic heterocycles. The molecule has 9 heteroatoms. The number of hydrogen-bond donors (Lipinski definition) is 0. The fourth-order valence-electron chi connectivity index (χ4n) is 6.10. The van der Waals surface area contributed by atoms with Crippen molar-refractivity contribution in [3.8, 4) is 0 Å². The molecule has 2 aromatic heterocycles. The van der Waals surface area contributed by atoms with E-state index in [9.17, 15) is 14.4 Å². The summed E-state index contributed by atoms with van der Waals surface area (Å²) < 4.78 is 10.6. The molecule has 34 heavy (non-hydrogen) atoms. The zero-order chi connectivity index (χ0) is 24.1. The van der Waals surface area contributed by atoms with Crippen LogP contribution in [0.15, 0.2) is 48.8 Å². The third-order valence-electron chi connectivity index (χ3n) is 7.56. The summed E-state index contributed by atoms with van der Waals surface area (Å²) in [5, 5.41) is 0. The minimum absolute atomic E-state index is 0.155. The molecule has 5 rings (SSSR count). The van der Waals surface area contributed by atoms with Crippen LogP contribution >= 0.6 is 0 Å². The maximum atomic E-state index is 14.6. The van der Waals surface area contributed by atoms with Crippen LogP contribution in [0.4, 0.5) is 0 Å². The first-order chi connectivity index (χ1) is 16.4. The van der Waals surface area contributed by atoms with Crippen LogP contribution in [-0.4, -0.2) is 77.9 Å². The van der Waals surface area contributed by atoms with Gasteiger partial charge in [0.05, 0.1) is 37.7 Å². The fourth-order valence-corrected chi connectivity index (χ4v) is 6.10. The van der Waals surface area contributed by atoms with E-state index in [4.69, 9.17) is 9.47 Å². The number of ether oxygens (including phenoxy) is 2. The fraction of sp³-hybridized carbons (Fsp3) is 0.480. The Morgan fingerprint density at radius 1 is 0.882 bits per heavy atom. The number of carbonyl (C=O) groups is 3. The molecule has 1 aliphatic carbocycles. The number of aromatic nitrogens is 2. The molecule has 3 aliphatic rings. The molecule has 178 valence electrons. The lowest BCUT2D eigenvalue weighted by Gasteiger charge is -2.60. The van der Waals surface area contributed by atoms with E-state index in [0.29, 0.717) is 11.4 Å². The molecular formula is C25H28N4O5. The Morgan fingerprint density at radius 2 is 1.35 bits per heavy atom. The van der Waals surface area contributed by atoms with Crippen molar-refractivity contribution in [1.82, 2.24) is 19.8 Å². The molecule has 0 unspecified atom stereocenters. The Morgan fingerprint density at radius 3 is 1.71 bits per heavy atom. The van der Waals surface area contributed by atoms with E-state index >= 15 is 0 Å². The normalized spacial score (nSPS) is 31.7. The van der Waals surface area contributed by atoms with Crippen LogP contribution in [0.5, 0.6) is 0 Å². The van der Waals surface area contributed by atoms with Crippen molar-refractivity contribution >= 4 is 17.7 Å². The highest BCUT2D eigenvalue weighted by molar-refractivity contribution is 6.17. The van der Waals surface area contributed by atoms with Gasteiger partial charge in [-0.1, -0.05) is 12.1 Å². The highest BCUT2D eigenvalue weighted by Gasteiger charge is 2.75. The molecule has 2 saturated heterocycles. The van der Waals surface area contributed by atoms with Gasteiger partial charge < -0.3 is 9.47 Å². The molecule has 9 nitrogen and oxygen atoms in total. The molecule has 4 heterocycles. The molecule has 0 amide bonds. The first kappa shape index (κ1) is 22.6. The highest BCUT2D eigenvalue weighted by atomic mass is 16.5. The van der Waals surface area contributed by atoms with E-state index in [1.54, 1.807) is 36.7 Å². The number of ketones is 1. The van der Waals surface area contributed by atoms with Crippen LogP contribution < -0.4 is 0 Å². The van der Waals surface area contributed by atoms with Gasteiger partial charge in [0.15, 0.2) is 16.6 Å². The monoisotopic (exact) mass is 464 g/mol. The summed E-state index contributed by atoms with van der Waals surface area (Å²) >= 11 is 0. The van der Waals surface area contributed by atoms with Crippen molar-refractivity contribution in [3.63, 3.8) is 0 Å². The summed E-state index contributed by atoms with van der Waals surface area (Å²) in [6.07, 6.45) is 5.16. The second-order valence-electron chi connectivity index (χ2n) is 9.37. The molecule has 0 radical (unpaired) electrons. The van der Waals surface area contributed by atoms with Crippen molar-refractivity contribution in [2.24, 2.45) is 10.8 Å². The van der Waals surface area contributed by atoms with Gasteiger partial charge in [0.1, 0.15) is 0 Å². The highest BCUT2D eigenvalue weighted by Crippen LogP contribution is 2.61. The van der Waals surface area contributed by atoms with Gasteiger partial charge in [-0.3, -0.25) is 34.2 Å². The Bertz CT molecular complexity index is 1030. The second kappa shape index (κ2) is 8.25. The first-order valence-corrected chi connectivity index (χ1v) is 11.4. The number of methoxy groups -OCH3 is 2. The zero-order valence-corrected chi connectivity index (χ0v) is 19.5. The maximum Gasteiger partial charge on any atom is 0.322 e. The van der Waals surface area contributed by atoms with E-state index in [1.165, 1.54) is 14.2 Å². The van der Waals surface area contributed by atoms with E-state index in [-0.39, 0.29) is 19.1 Å². The molecule has 1 saturated carbocycles. The lowest BCUT2D eigenvalue weighted by atomic mass is 9.54. The Labute approximate surface area is 198 Å². The molecular weight excluding hydrogens is 436 g/mol. The molecule has 0 aromatic carbocycles. The smallest absolute Gasteiger partial charge is 0.322 e. The minimum atomic E-state index is -1.65. The van der Waals surface area contributed by atoms with Crippen molar-refractivity contribution < 1.29 is 23.9 Å². The first-order valence-electron chi connectivity index (χ1n) is 11.4. The number of rotatable bonds is 5.